The Hall–Kier alpha value is -3.70. The average molecular weight is 432 g/mol. The number of carbonyl (C=O) groups is 1. The number of benzene rings is 2. The Morgan fingerprint density at radius 3 is 2.88 bits per heavy atom. The highest BCUT2D eigenvalue weighted by molar-refractivity contribution is 5.69. The molecule has 1 aliphatic rings. The summed E-state index contributed by atoms with van der Waals surface area (Å²) >= 11 is 0. The lowest BCUT2D eigenvalue weighted by Gasteiger charge is -2.28. The lowest BCUT2D eigenvalue weighted by atomic mass is 9.91. The molecule has 8 heteroatoms. The predicted molar refractivity (Wildman–Crippen MR) is 117 cm³/mol. The summed E-state index contributed by atoms with van der Waals surface area (Å²) in [6, 6.07) is 11.3. The van der Waals surface area contributed by atoms with E-state index < -0.39 is 5.97 Å². The van der Waals surface area contributed by atoms with Gasteiger partial charge >= 0.3 is 5.97 Å². The van der Waals surface area contributed by atoms with Crippen LogP contribution < -0.4 is 4.74 Å². The number of carboxylic acids is 1. The van der Waals surface area contributed by atoms with Crippen LogP contribution >= 0.6 is 0 Å². The molecule has 0 amide bonds. The van der Waals surface area contributed by atoms with Gasteiger partial charge in [-0.15, -0.1) is 0 Å². The van der Waals surface area contributed by atoms with Crippen molar-refractivity contribution in [2.45, 2.75) is 39.8 Å². The molecule has 1 aliphatic heterocycles. The van der Waals surface area contributed by atoms with Crippen molar-refractivity contribution in [3.8, 4) is 34.7 Å². The fraction of sp³-hybridized carbons (Fsp3) is 0.333. The van der Waals surface area contributed by atoms with Crippen LogP contribution in [0.3, 0.4) is 0 Å². The molecular weight excluding hydrogens is 408 g/mol. The Labute approximate surface area is 186 Å². The molecule has 3 aromatic rings. The Balaban J connectivity index is 1.61. The summed E-state index contributed by atoms with van der Waals surface area (Å²) in [5, 5.41) is 22.7. The summed E-state index contributed by atoms with van der Waals surface area (Å²) in [5.74, 6) is 0.518. The third kappa shape index (κ3) is 4.34. The molecule has 0 aliphatic carbocycles. The van der Waals surface area contributed by atoms with Crippen molar-refractivity contribution in [2.75, 3.05) is 13.1 Å². The molecule has 0 saturated heterocycles. The Morgan fingerprint density at radius 2 is 2.16 bits per heavy atom. The third-order valence-corrected chi connectivity index (χ3v) is 5.50. The fourth-order valence-electron chi connectivity index (χ4n) is 4.02. The molecule has 0 radical (unpaired) electrons. The predicted octanol–water partition coefficient (Wildman–Crippen LogP) is 3.81. The average Bonchev–Trinajstić information content (AvgIpc) is 3.23. The summed E-state index contributed by atoms with van der Waals surface area (Å²) in [7, 11) is 0. The van der Waals surface area contributed by atoms with Gasteiger partial charge in [-0.2, -0.15) is 10.2 Å². The van der Waals surface area contributed by atoms with E-state index in [1.165, 1.54) is 5.56 Å². The number of nitrogens with zero attached hydrogens (tertiary/aromatic N) is 4. The van der Waals surface area contributed by atoms with Crippen LogP contribution in [0, 0.1) is 18.3 Å². The Bertz CT molecular complexity index is 1210. The SMILES string of the molecule is Cc1c(-c2noc(-c3ccc(OC(C)C)c(C#N)c3)n2)ccc2c1CCN(CC(=O)O)C2. The number of carboxylic acid groups (broad SMARTS) is 1. The highest BCUT2D eigenvalue weighted by atomic mass is 16.5. The lowest BCUT2D eigenvalue weighted by Crippen LogP contribution is -2.35. The van der Waals surface area contributed by atoms with Gasteiger partial charge in [0.1, 0.15) is 11.8 Å². The standard InChI is InChI=1S/C24H24N4O4/c1-14(2)31-21-7-5-16(10-18(21)11-25)24-26-23(27-32-24)20-6-4-17-12-28(13-22(29)30)9-8-19(17)15(20)3/h4-7,10,14H,8-9,12-13H2,1-3H3,(H,29,30). The van der Waals surface area contributed by atoms with Crippen molar-refractivity contribution in [1.82, 2.24) is 15.0 Å². The molecule has 2 aromatic carbocycles. The molecule has 0 bridgehead atoms. The highest BCUT2D eigenvalue weighted by Crippen LogP contribution is 2.32. The molecule has 0 atom stereocenters. The first-order chi connectivity index (χ1) is 15.4. The van der Waals surface area contributed by atoms with E-state index in [1.807, 2.05) is 37.8 Å². The summed E-state index contributed by atoms with van der Waals surface area (Å²) in [4.78, 5) is 17.5. The van der Waals surface area contributed by atoms with Crippen molar-refractivity contribution in [2.24, 2.45) is 0 Å². The molecule has 2 heterocycles. The normalized spacial score (nSPS) is 13.6. The fourth-order valence-corrected chi connectivity index (χ4v) is 4.02. The van der Waals surface area contributed by atoms with Crippen LogP contribution in [-0.4, -0.2) is 45.3 Å². The van der Waals surface area contributed by atoms with E-state index in [-0.39, 0.29) is 12.6 Å². The van der Waals surface area contributed by atoms with E-state index in [4.69, 9.17) is 14.4 Å². The maximum absolute atomic E-state index is 11.0. The number of ether oxygens (including phenoxy) is 1. The summed E-state index contributed by atoms with van der Waals surface area (Å²) in [6.07, 6.45) is 0.738. The van der Waals surface area contributed by atoms with Gasteiger partial charge in [0.25, 0.3) is 5.89 Å². The third-order valence-electron chi connectivity index (χ3n) is 5.50. The lowest BCUT2D eigenvalue weighted by molar-refractivity contribution is -0.138. The maximum Gasteiger partial charge on any atom is 0.317 e. The first kappa shape index (κ1) is 21.5. The monoisotopic (exact) mass is 432 g/mol. The number of aliphatic carboxylic acids is 1. The topological polar surface area (TPSA) is 112 Å². The van der Waals surface area contributed by atoms with Crippen LogP contribution in [0.1, 0.15) is 36.1 Å². The zero-order valence-corrected chi connectivity index (χ0v) is 18.3. The van der Waals surface area contributed by atoms with Gasteiger partial charge in [0.05, 0.1) is 18.2 Å². The van der Waals surface area contributed by atoms with Gasteiger partial charge in [0.2, 0.25) is 5.82 Å². The first-order valence-electron chi connectivity index (χ1n) is 10.5. The number of nitriles is 1. The molecule has 32 heavy (non-hydrogen) atoms. The van der Waals surface area contributed by atoms with Crippen LogP contribution in [-0.2, 0) is 17.8 Å². The molecule has 8 nitrogen and oxygen atoms in total. The zero-order chi connectivity index (χ0) is 22.8. The van der Waals surface area contributed by atoms with E-state index in [1.54, 1.807) is 18.2 Å². The smallest absolute Gasteiger partial charge is 0.317 e. The summed E-state index contributed by atoms with van der Waals surface area (Å²) in [5.41, 5.74) is 5.34. The van der Waals surface area contributed by atoms with Crippen molar-refractivity contribution in [1.29, 1.82) is 5.26 Å². The van der Waals surface area contributed by atoms with Crippen molar-refractivity contribution in [3.05, 3.63) is 52.6 Å². The maximum atomic E-state index is 11.0. The molecule has 164 valence electrons. The second kappa shape index (κ2) is 8.81. The quantitative estimate of drug-likeness (QED) is 0.626. The van der Waals surface area contributed by atoms with Crippen molar-refractivity contribution in [3.63, 3.8) is 0 Å². The molecule has 1 aromatic heterocycles. The second-order valence-electron chi connectivity index (χ2n) is 8.14. The number of hydrogen-bond donors (Lipinski definition) is 1. The minimum Gasteiger partial charge on any atom is -0.490 e. The van der Waals surface area contributed by atoms with Crippen LogP contribution in [0.4, 0.5) is 0 Å². The van der Waals surface area contributed by atoms with Gasteiger partial charge in [-0.25, -0.2) is 0 Å². The van der Waals surface area contributed by atoms with E-state index in [0.717, 1.165) is 23.1 Å². The minimum absolute atomic E-state index is 0.0360. The molecule has 0 unspecified atom stereocenters. The van der Waals surface area contributed by atoms with Crippen LogP contribution in [0.25, 0.3) is 22.8 Å². The van der Waals surface area contributed by atoms with Crippen LogP contribution in [0.2, 0.25) is 0 Å². The van der Waals surface area contributed by atoms with Crippen molar-refractivity contribution < 1.29 is 19.2 Å². The van der Waals surface area contributed by atoms with Crippen LogP contribution in [0.15, 0.2) is 34.9 Å². The largest absolute Gasteiger partial charge is 0.490 e. The number of fused-ring (bicyclic) bond motifs is 1. The van der Waals surface area contributed by atoms with Gasteiger partial charge in [0.15, 0.2) is 0 Å². The molecule has 4 rings (SSSR count). The van der Waals surface area contributed by atoms with E-state index in [9.17, 15) is 10.1 Å². The van der Waals surface area contributed by atoms with Gasteiger partial charge in [-0.3, -0.25) is 9.69 Å². The van der Waals surface area contributed by atoms with E-state index >= 15 is 0 Å². The second-order valence-corrected chi connectivity index (χ2v) is 8.14. The van der Waals surface area contributed by atoms with Gasteiger partial charge in [-0.1, -0.05) is 17.3 Å². The molecular formula is C24H24N4O4. The molecule has 0 fully saturated rings. The Kier molecular flexibility index (Phi) is 5.93. The van der Waals surface area contributed by atoms with Crippen molar-refractivity contribution >= 4 is 5.97 Å². The minimum atomic E-state index is -0.815. The molecule has 0 spiro atoms. The van der Waals surface area contributed by atoms with Gasteiger partial charge < -0.3 is 14.4 Å². The first-order valence-corrected chi connectivity index (χ1v) is 10.5. The Morgan fingerprint density at radius 1 is 1.34 bits per heavy atom. The number of rotatable bonds is 6. The van der Waals surface area contributed by atoms with Gasteiger partial charge in [0, 0.05) is 24.2 Å². The van der Waals surface area contributed by atoms with E-state index in [0.29, 0.717) is 41.7 Å². The van der Waals surface area contributed by atoms with E-state index in [2.05, 4.69) is 16.2 Å². The summed E-state index contributed by atoms with van der Waals surface area (Å²) < 4.78 is 11.2. The molecule has 1 N–H and O–H groups in total. The number of hydrogen-bond acceptors (Lipinski definition) is 7. The van der Waals surface area contributed by atoms with Crippen LogP contribution in [0.5, 0.6) is 5.75 Å². The summed E-state index contributed by atoms with van der Waals surface area (Å²) in [6.45, 7) is 7.20. The highest BCUT2D eigenvalue weighted by Gasteiger charge is 2.22. The van der Waals surface area contributed by atoms with Gasteiger partial charge in [-0.05, 0) is 62.1 Å². The molecule has 0 saturated carbocycles. The number of aromatic nitrogens is 2. The zero-order valence-electron chi connectivity index (χ0n) is 18.3.